The van der Waals surface area contributed by atoms with Gasteiger partial charge in [0.25, 0.3) is 5.91 Å². The Hall–Kier alpha value is -1.42. The van der Waals surface area contributed by atoms with Crippen LogP contribution in [0.4, 0.5) is 4.39 Å². The largest absolute Gasteiger partial charge is 0.391 e. The van der Waals surface area contributed by atoms with Crippen LogP contribution in [0.5, 0.6) is 0 Å². The Bertz CT molecular complexity index is 379. The topological polar surface area (TPSA) is 49.3 Å². The third kappa shape index (κ3) is 3.31. The first-order chi connectivity index (χ1) is 7.54. The molecule has 0 aliphatic carbocycles. The molecule has 1 unspecified atom stereocenters. The Balaban J connectivity index is 2.69. The van der Waals surface area contributed by atoms with Crippen molar-refractivity contribution in [3.05, 3.63) is 35.1 Å². The smallest absolute Gasteiger partial charge is 0.254 e. The molecule has 0 aromatic heterocycles. The molecule has 0 aliphatic rings. The average Bonchev–Trinajstić information content (AvgIpc) is 2.28. The summed E-state index contributed by atoms with van der Waals surface area (Å²) in [4.78, 5) is 11.6. The number of benzene rings is 1. The lowest BCUT2D eigenvalue weighted by molar-refractivity contribution is 0.0910. The van der Waals surface area contributed by atoms with Gasteiger partial charge in [0.15, 0.2) is 0 Å². The molecule has 1 atom stereocenters. The standard InChI is InChI=1S/C12H16FNO2/c1-3-9(15)7-14-12(16)10-6-8(2)4-5-11(10)13/h4-6,9,15H,3,7H2,1-2H3,(H,14,16). The van der Waals surface area contributed by atoms with E-state index in [1.165, 1.54) is 12.1 Å². The van der Waals surface area contributed by atoms with Gasteiger partial charge < -0.3 is 10.4 Å². The highest BCUT2D eigenvalue weighted by atomic mass is 19.1. The van der Waals surface area contributed by atoms with Gasteiger partial charge in [-0.3, -0.25) is 4.79 Å². The molecular formula is C12H16FNO2. The zero-order valence-corrected chi connectivity index (χ0v) is 9.46. The van der Waals surface area contributed by atoms with Crippen molar-refractivity contribution in [3.63, 3.8) is 0 Å². The molecule has 16 heavy (non-hydrogen) atoms. The van der Waals surface area contributed by atoms with Gasteiger partial charge in [-0.25, -0.2) is 4.39 Å². The maximum absolute atomic E-state index is 13.3. The third-order valence-electron chi connectivity index (χ3n) is 2.34. The van der Waals surface area contributed by atoms with E-state index >= 15 is 0 Å². The van der Waals surface area contributed by atoms with E-state index in [4.69, 9.17) is 0 Å². The molecule has 2 N–H and O–H groups in total. The predicted molar refractivity (Wildman–Crippen MR) is 59.8 cm³/mol. The molecule has 0 bridgehead atoms. The lowest BCUT2D eigenvalue weighted by Gasteiger charge is -2.10. The van der Waals surface area contributed by atoms with Crippen molar-refractivity contribution in [2.45, 2.75) is 26.4 Å². The van der Waals surface area contributed by atoms with Gasteiger partial charge in [-0.2, -0.15) is 0 Å². The number of carbonyl (C=O) groups excluding carboxylic acids is 1. The molecule has 1 aromatic rings. The lowest BCUT2D eigenvalue weighted by Crippen LogP contribution is -2.32. The van der Waals surface area contributed by atoms with Crippen LogP contribution >= 0.6 is 0 Å². The van der Waals surface area contributed by atoms with Gasteiger partial charge in [0, 0.05) is 6.54 Å². The second-order valence-corrected chi connectivity index (χ2v) is 3.76. The van der Waals surface area contributed by atoms with E-state index in [0.717, 1.165) is 5.56 Å². The van der Waals surface area contributed by atoms with Crippen LogP contribution in [0.2, 0.25) is 0 Å². The molecule has 0 spiro atoms. The molecular weight excluding hydrogens is 209 g/mol. The zero-order valence-electron chi connectivity index (χ0n) is 9.46. The summed E-state index contributed by atoms with van der Waals surface area (Å²) in [5, 5.41) is 11.8. The summed E-state index contributed by atoms with van der Waals surface area (Å²) in [7, 11) is 0. The Morgan fingerprint density at radius 2 is 2.25 bits per heavy atom. The average molecular weight is 225 g/mol. The second-order valence-electron chi connectivity index (χ2n) is 3.76. The van der Waals surface area contributed by atoms with Gasteiger partial charge in [0.1, 0.15) is 5.82 Å². The zero-order chi connectivity index (χ0) is 12.1. The Kier molecular flexibility index (Phi) is 4.43. The van der Waals surface area contributed by atoms with Crippen LogP contribution in [-0.2, 0) is 0 Å². The number of aliphatic hydroxyl groups excluding tert-OH is 1. The first-order valence-electron chi connectivity index (χ1n) is 5.27. The third-order valence-corrected chi connectivity index (χ3v) is 2.34. The van der Waals surface area contributed by atoms with Crippen molar-refractivity contribution >= 4 is 5.91 Å². The number of rotatable bonds is 4. The van der Waals surface area contributed by atoms with Crippen molar-refractivity contribution in [2.24, 2.45) is 0 Å². The van der Waals surface area contributed by atoms with Crippen molar-refractivity contribution in [1.82, 2.24) is 5.32 Å². The van der Waals surface area contributed by atoms with Crippen LogP contribution in [0.15, 0.2) is 18.2 Å². The number of carbonyl (C=O) groups is 1. The fourth-order valence-electron chi connectivity index (χ4n) is 1.26. The van der Waals surface area contributed by atoms with E-state index in [9.17, 15) is 14.3 Å². The van der Waals surface area contributed by atoms with Crippen molar-refractivity contribution in [1.29, 1.82) is 0 Å². The quantitative estimate of drug-likeness (QED) is 0.818. The summed E-state index contributed by atoms with van der Waals surface area (Å²) >= 11 is 0. The molecule has 1 rings (SSSR count). The molecule has 4 heteroatoms. The number of aliphatic hydroxyl groups is 1. The molecule has 0 aliphatic heterocycles. The van der Waals surface area contributed by atoms with Crippen molar-refractivity contribution in [3.8, 4) is 0 Å². The fourth-order valence-corrected chi connectivity index (χ4v) is 1.26. The lowest BCUT2D eigenvalue weighted by atomic mass is 10.1. The van der Waals surface area contributed by atoms with Crippen LogP contribution in [-0.4, -0.2) is 23.7 Å². The SMILES string of the molecule is CCC(O)CNC(=O)c1cc(C)ccc1F. The summed E-state index contributed by atoms with van der Waals surface area (Å²) < 4.78 is 13.3. The van der Waals surface area contributed by atoms with Crippen molar-refractivity contribution < 1.29 is 14.3 Å². The minimum absolute atomic E-state index is 0.0169. The number of hydrogen-bond donors (Lipinski definition) is 2. The predicted octanol–water partition coefficient (Wildman–Crippen LogP) is 1.63. The molecule has 0 fully saturated rings. The first kappa shape index (κ1) is 12.6. The van der Waals surface area contributed by atoms with Crippen LogP contribution in [0.3, 0.4) is 0 Å². The summed E-state index contributed by atoms with van der Waals surface area (Å²) in [6.45, 7) is 3.74. The second kappa shape index (κ2) is 5.61. The number of aryl methyl sites for hydroxylation is 1. The first-order valence-corrected chi connectivity index (χ1v) is 5.27. The van der Waals surface area contributed by atoms with E-state index in [-0.39, 0.29) is 12.1 Å². The van der Waals surface area contributed by atoms with Crippen LogP contribution in [0, 0.1) is 12.7 Å². The normalized spacial score (nSPS) is 12.2. The molecule has 0 saturated heterocycles. The fraction of sp³-hybridized carbons (Fsp3) is 0.417. The molecule has 1 aromatic carbocycles. The van der Waals surface area contributed by atoms with Gasteiger partial charge in [0.05, 0.1) is 11.7 Å². The van der Waals surface area contributed by atoms with E-state index in [1.807, 2.05) is 6.92 Å². The number of amides is 1. The van der Waals surface area contributed by atoms with Crippen LogP contribution in [0.1, 0.15) is 29.3 Å². The van der Waals surface area contributed by atoms with E-state index in [2.05, 4.69) is 5.32 Å². The minimum atomic E-state index is -0.586. The van der Waals surface area contributed by atoms with Crippen LogP contribution < -0.4 is 5.32 Å². The molecule has 0 saturated carbocycles. The van der Waals surface area contributed by atoms with Gasteiger partial charge in [-0.05, 0) is 25.5 Å². The summed E-state index contributed by atoms with van der Waals surface area (Å²) in [6, 6.07) is 4.36. The molecule has 88 valence electrons. The van der Waals surface area contributed by atoms with Gasteiger partial charge in [-0.15, -0.1) is 0 Å². The monoisotopic (exact) mass is 225 g/mol. The molecule has 3 nitrogen and oxygen atoms in total. The maximum Gasteiger partial charge on any atom is 0.254 e. The Labute approximate surface area is 94.3 Å². The highest BCUT2D eigenvalue weighted by Gasteiger charge is 2.12. The molecule has 1 amide bonds. The van der Waals surface area contributed by atoms with E-state index < -0.39 is 17.8 Å². The Morgan fingerprint density at radius 3 is 2.88 bits per heavy atom. The van der Waals surface area contributed by atoms with Crippen molar-refractivity contribution in [2.75, 3.05) is 6.54 Å². The van der Waals surface area contributed by atoms with Gasteiger partial charge in [-0.1, -0.05) is 18.6 Å². The highest BCUT2D eigenvalue weighted by molar-refractivity contribution is 5.94. The number of nitrogens with one attached hydrogen (secondary N) is 1. The van der Waals surface area contributed by atoms with Crippen LogP contribution in [0.25, 0.3) is 0 Å². The minimum Gasteiger partial charge on any atom is -0.391 e. The molecule has 0 radical (unpaired) electrons. The summed E-state index contributed by atoms with van der Waals surface area (Å²) in [6.07, 6.45) is -0.0341. The van der Waals surface area contributed by atoms with E-state index in [1.54, 1.807) is 13.0 Å². The molecule has 0 heterocycles. The highest BCUT2D eigenvalue weighted by Crippen LogP contribution is 2.09. The van der Waals surface area contributed by atoms with Gasteiger partial charge in [0.2, 0.25) is 0 Å². The summed E-state index contributed by atoms with van der Waals surface area (Å²) in [5.74, 6) is -1.04. The maximum atomic E-state index is 13.3. The summed E-state index contributed by atoms with van der Waals surface area (Å²) in [5.41, 5.74) is 0.839. The number of hydrogen-bond acceptors (Lipinski definition) is 2. The Morgan fingerprint density at radius 1 is 1.56 bits per heavy atom. The van der Waals surface area contributed by atoms with E-state index in [0.29, 0.717) is 6.42 Å². The van der Waals surface area contributed by atoms with Gasteiger partial charge >= 0.3 is 0 Å². The number of halogens is 1.